The van der Waals surface area contributed by atoms with Crippen molar-refractivity contribution >= 4 is 34.9 Å². The van der Waals surface area contributed by atoms with Gasteiger partial charge in [-0.15, -0.1) is 0 Å². The van der Waals surface area contributed by atoms with Crippen molar-refractivity contribution < 1.29 is 0 Å². The van der Waals surface area contributed by atoms with Gasteiger partial charge in [-0.3, -0.25) is 0 Å². The summed E-state index contributed by atoms with van der Waals surface area (Å²) >= 11 is 5.86. The number of nitrogens with zero attached hydrogens (tertiary/aromatic N) is 3. The fraction of sp³-hybridized carbons (Fsp3) is 0.0625. The van der Waals surface area contributed by atoms with Crippen molar-refractivity contribution in [3.05, 3.63) is 65.4 Å². The number of nitrogens with two attached hydrogens (primary N) is 1. The van der Waals surface area contributed by atoms with Crippen molar-refractivity contribution in [2.24, 2.45) is 0 Å². The molecule has 0 radical (unpaired) electrons. The van der Waals surface area contributed by atoms with Gasteiger partial charge in [0.2, 0.25) is 11.9 Å². The lowest BCUT2D eigenvalue weighted by Gasteiger charge is -2.09. The quantitative estimate of drug-likeness (QED) is 0.665. The van der Waals surface area contributed by atoms with Gasteiger partial charge in [-0.1, -0.05) is 29.8 Å². The third-order valence-electron chi connectivity index (χ3n) is 3.02. The number of anilines is 4. The Morgan fingerprint density at radius 3 is 2.35 bits per heavy atom. The molecule has 0 amide bonds. The van der Waals surface area contributed by atoms with Crippen molar-refractivity contribution in [3.8, 4) is 0 Å². The average molecular weight is 327 g/mol. The Hall–Kier alpha value is -2.86. The first-order valence-corrected chi connectivity index (χ1v) is 7.39. The molecule has 0 atom stereocenters. The molecule has 0 aliphatic rings. The van der Waals surface area contributed by atoms with Crippen molar-refractivity contribution in [1.29, 1.82) is 0 Å². The molecule has 0 saturated heterocycles. The van der Waals surface area contributed by atoms with Crippen LogP contribution in [0.5, 0.6) is 0 Å². The summed E-state index contributed by atoms with van der Waals surface area (Å²) in [5.41, 5.74) is 7.56. The summed E-state index contributed by atoms with van der Waals surface area (Å²) in [6.45, 7) is 0.428. The zero-order valence-corrected chi connectivity index (χ0v) is 13.0. The minimum atomic E-state index is 0.173. The van der Waals surface area contributed by atoms with Crippen LogP contribution in [0, 0.1) is 0 Å². The maximum absolute atomic E-state index is 5.86. The first-order valence-electron chi connectivity index (χ1n) is 7.01. The van der Waals surface area contributed by atoms with Crippen LogP contribution in [-0.2, 0) is 6.54 Å². The highest BCUT2D eigenvalue weighted by Gasteiger charge is 2.05. The highest BCUT2D eigenvalue weighted by molar-refractivity contribution is 6.30. The van der Waals surface area contributed by atoms with E-state index in [1.165, 1.54) is 0 Å². The van der Waals surface area contributed by atoms with Gasteiger partial charge in [0.15, 0.2) is 5.82 Å². The molecule has 1 aromatic heterocycles. The molecule has 116 valence electrons. The van der Waals surface area contributed by atoms with Gasteiger partial charge in [0.25, 0.3) is 0 Å². The molecule has 6 nitrogen and oxygen atoms in total. The van der Waals surface area contributed by atoms with Crippen molar-refractivity contribution in [3.63, 3.8) is 0 Å². The fourth-order valence-electron chi connectivity index (χ4n) is 1.97. The molecule has 0 fully saturated rings. The van der Waals surface area contributed by atoms with E-state index in [0.29, 0.717) is 23.3 Å². The third-order valence-corrected chi connectivity index (χ3v) is 3.28. The van der Waals surface area contributed by atoms with Crippen LogP contribution < -0.4 is 16.4 Å². The Labute approximate surface area is 138 Å². The standard InChI is InChI=1S/C16H15ClN6/c17-11-6-8-12(9-7-11)19-10-14-21-15(18)23-16(22-14)20-13-4-2-1-3-5-13/h1-9,19H,10H2,(H3,18,20,21,22,23). The molecule has 23 heavy (non-hydrogen) atoms. The first kappa shape index (κ1) is 15.1. The summed E-state index contributed by atoms with van der Waals surface area (Å²) in [7, 11) is 0. The van der Waals surface area contributed by atoms with Gasteiger partial charge in [0, 0.05) is 16.4 Å². The van der Waals surface area contributed by atoms with Crippen LogP contribution in [0.15, 0.2) is 54.6 Å². The number of para-hydroxylation sites is 1. The second-order valence-corrected chi connectivity index (χ2v) is 5.22. The van der Waals surface area contributed by atoms with Crippen molar-refractivity contribution in [2.75, 3.05) is 16.4 Å². The van der Waals surface area contributed by atoms with E-state index in [-0.39, 0.29) is 5.95 Å². The SMILES string of the molecule is Nc1nc(CNc2ccc(Cl)cc2)nc(Nc2ccccc2)n1. The Kier molecular flexibility index (Phi) is 4.54. The number of nitrogen functional groups attached to an aromatic ring is 1. The van der Waals surface area contributed by atoms with Crippen molar-refractivity contribution in [2.45, 2.75) is 6.54 Å². The summed E-state index contributed by atoms with van der Waals surface area (Å²) in [6.07, 6.45) is 0. The van der Waals surface area contributed by atoms with Gasteiger partial charge in [0.1, 0.15) is 0 Å². The predicted octanol–water partition coefficient (Wildman–Crippen LogP) is 3.46. The van der Waals surface area contributed by atoms with E-state index in [9.17, 15) is 0 Å². The molecule has 2 aromatic carbocycles. The van der Waals surface area contributed by atoms with Crippen molar-refractivity contribution in [1.82, 2.24) is 15.0 Å². The smallest absolute Gasteiger partial charge is 0.232 e. The fourth-order valence-corrected chi connectivity index (χ4v) is 2.10. The molecule has 0 saturated carbocycles. The molecule has 0 aliphatic heterocycles. The van der Waals surface area contributed by atoms with Crippen LogP contribution in [0.1, 0.15) is 5.82 Å². The molecule has 0 spiro atoms. The number of aromatic nitrogens is 3. The summed E-state index contributed by atoms with van der Waals surface area (Å²) in [4.78, 5) is 12.6. The maximum Gasteiger partial charge on any atom is 0.232 e. The van der Waals surface area contributed by atoms with Crippen LogP contribution in [0.2, 0.25) is 5.02 Å². The number of rotatable bonds is 5. The number of halogens is 1. The Bertz CT molecular complexity index is 776. The lowest BCUT2D eigenvalue weighted by Crippen LogP contribution is -2.10. The van der Waals surface area contributed by atoms with Gasteiger partial charge in [0.05, 0.1) is 6.54 Å². The van der Waals surface area contributed by atoms with E-state index in [2.05, 4.69) is 25.6 Å². The minimum absolute atomic E-state index is 0.173. The second-order valence-electron chi connectivity index (χ2n) is 4.78. The van der Waals surface area contributed by atoms with Crippen LogP contribution in [0.25, 0.3) is 0 Å². The van der Waals surface area contributed by atoms with E-state index < -0.39 is 0 Å². The minimum Gasteiger partial charge on any atom is -0.378 e. The van der Waals surface area contributed by atoms with Gasteiger partial charge in [-0.2, -0.15) is 15.0 Å². The van der Waals surface area contributed by atoms with E-state index in [1.807, 2.05) is 54.6 Å². The third kappa shape index (κ3) is 4.31. The Morgan fingerprint density at radius 1 is 0.870 bits per heavy atom. The van der Waals surface area contributed by atoms with Crippen LogP contribution in [0.4, 0.5) is 23.3 Å². The highest BCUT2D eigenvalue weighted by Crippen LogP contribution is 2.15. The normalized spacial score (nSPS) is 10.3. The topological polar surface area (TPSA) is 88.8 Å². The largest absolute Gasteiger partial charge is 0.378 e. The number of nitrogens with one attached hydrogen (secondary N) is 2. The molecule has 0 aliphatic carbocycles. The lowest BCUT2D eigenvalue weighted by atomic mass is 10.3. The zero-order valence-electron chi connectivity index (χ0n) is 12.2. The highest BCUT2D eigenvalue weighted by atomic mass is 35.5. The molecule has 0 bridgehead atoms. The zero-order chi connectivity index (χ0) is 16.1. The summed E-state index contributed by atoms with van der Waals surface area (Å²) in [5, 5.41) is 7.00. The van der Waals surface area contributed by atoms with Gasteiger partial charge in [-0.25, -0.2) is 0 Å². The molecule has 1 heterocycles. The maximum atomic E-state index is 5.86. The Morgan fingerprint density at radius 2 is 1.61 bits per heavy atom. The van der Waals surface area contributed by atoms with Gasteiger partial charge < -0.3 is 16.4 Å². The number of benzene rings is 2. The van der Waals surface area contributed by atoms with Crippen LogP contribution >= 0.6 is 11.6 Å². The molecular formula is C16H15ClN6. The summed E-state index contributed by atoms with van der Waals surface area (Å²) in [5.74, 6) is 1.13. The molecular weight excluding hydrogens is 312 g/mol. The van der Waals surface area contributed by atoms with E-state index >= 15 is 0 Å². The van der Waals surface area contributed by atoms with Crippen LogP contribution in [-0.4, -0.2) is 15.0 Å². The van der Waals surface area contributed by atoms with Gasteiger partial charge >= 0.3 is 0 Å². The average Bonchev–Trinajstić information content (AvgIpc) is 2.55. The van der Waals surface area contributed by atoms with Gasteiger partial charge in [-0.05, 0) is 36.4 Å². The Balaban J connectivity index is 1.71. The number of hydrogen-bond donors (Lipinski definition) is 3. The summed E-state index contributed by atoms with van der Waals surface area (Å²) in [6, 6.07) is 17.0. The first-order chi connectivity index (χ1) is 11.2. The van der Waals surface area contributed by atoms with E-state index in [0.717, 1.165) is 11.4 Å². The molecule has 3 rings (SSSR count). The second kappa shape index (κ2) is 6.93. The molecule has 0 unspecified atom stereocenters. The van der Waals surface area contributed by atoms with E-state index in [4.69, 9.17) is 17.3 Å². The van der Waals surface area contributed by atoms with E-state index in [1.54, 1.807) is 0 Å². The molecule has 3 aromatic rings. The summed E-state index contributed by atoms with van der Waals surface area (Å²) < 4.78 is 0. The lowest BCUT2D eigenvalue weighted by molar-refractivity contribution is 0.921. The molecule has 4 N–H and O–H groups in total. The monoisotopic (exact) mass is 326 g/mol. The number of hydrogen-bond acceptors (Lipinski definition) is 6. The molecule has 7 heteroatoms. The van der Waals surface area contributed by atoms with Crippen LogP contribution in [0.3, 0.4) is 0 Å². The predicted molar refractivity (Wildman–Crippen MR) is 92.7 cm³/mol.